The minimum atomic E-state index is -1.10. The number of nitrogens with zero attached hydrogens (tertiary/aromatic N) is 2. The van der Waals surface area contributed by atoms with E-state index in [1.54, 1.807) is 31.9 Å². The molecule has 1 fully saturated rings. The minimum absolute atomic E-state index is 0.0987. The normalized spacial score (nSPS) is 15.8. The fourth-order valence-electron chi connectivity index (χ4n) is 2.81. The Hall–Kier alpha value is -2.26. The maximum Gasteiger partial charge on any atom is 0.528 e. The lowest BCUT2D eigenvalue weighted by molar-refractivity contribution is -0.144. The summed E-state index contributed by atoms with van der Waals surface area (Å²) < 4.78 is 11.3. The van der Waals surface area contributed by atoms with Crippen LogP contribution in [-0.4, -0.2) is 54.1 Å². The van der Waals surface area contributed by atoms with Crippen LogP contribution in [0.3, 0.4) is 0 Å². The Kier molecular flexibility index (Phi) is 5.34. The number of halogens is 1. The molecule has 1 aromatic carbocycles. The molecule has 0 saturated carbocycles. The van der Waals surface area contributed by atoms with Crippen LogP contribution >= 0.6 is 15.9 Å². The summed E-state index contributed by atoms with van der Waals surface area (Å²) >= 11 is 3.55. The number of carbonyl (C=O) groups excluding carboxylic acids is 1. The van der Waals surface area contributed by atoms with E-state index in [0.717, 1.165) is 10.2 Å². The topological polar surface area (TPSA) is 92.5 Å². The molecule has 2 heterocycles. The van der Waals surface area contributed by atoms with Crippen molar-refractivity contribution in [2.24, 2.45) is 0 Å². The van der Waals surface area contributed by atoms with Gasteiger partial charge in [0.15, 0.2) is 0 Å². The number of aromatic carboxylic acids is 1. The summed E-state index contributed by atoms with van der Waals surface area (Å²) in [6.07, 6.45) is -0.710. The van der Waals surface area contributed by atoms with Gasteiger partial charge in [-0.15, -0.1) is 5.06 Å². The number of carbonyl (C=O) groups is 2. The van der Waals surface area contributed by atoms with Crippen LogP contribution in [0.2, 0.25) is 0 Å². The summed E-state index contributed by atoms with van der Waals surface area (Å²) in [5.74, 6) is -1.20. The number of hydroxylamine groups is 2. The molecule has 3 rings (SSSR count). The van der Waals surface area contributed by atoms with E-state index in [4.69, 9.17) is 19.1 Å². The highest BCUT2D eigenvalue weighted by molar-refractivity contribution is 9.10. The number of carboxylic acids is 1. The molecular formula is C18H21BrN2O6. The third-order valence-electron chi connectivity index (χ3n) is 4.00. The Balaban J connectivity index is 1.66. The quantitative estimate of drug-likeness (QED) is 0.718. The lowest BCUT2D eigenvalue weighted by Crippen LogP contribution is -2.47. The molecule has 0 spiro atoms. The summed E-state index contributed by atoms with van der Waals surface area (Å²) in [7, 11) is 0. The molecule has 0 bridgehead atoms. The van der Waals surface area contributed by atoms with Gasteiger partial charge in [0, 0.05) is 24.5 Å². The van der Waals surface area contributed by atoms with Crippen LogP contribution in [0.1, 0.15) is 31.3 Å². The zero-order chi connectivity index (χ0) is 19.8. The van der Waals surface area contributed by atoms with E-state index in [2.05, 4.69) is 20.8 Å². The summed E-state index contributed by atoms with van der Waals surface area (Å²) in [6.45, 7) is 7.67. The number of furan rings is 1. The number of carboxylic acid groups (broad SMARTS) is 1. The molecule has 9 heteroatoms. The largest absolute Gasteiger partial charge is 0.528 e. The van der Waals surface area contributed by atoms with Crippen molar-refractivity contribution in [1.82, 2.24) is 5.06 Å². The third kappa shape index (κ3) is 4.54. The molecule has 0 unspecified atom stereocenters. The smallest absolute Gasteiger partial charge is 0.475 e. The Morgan fingerprint density at radius 1 is 1.19 bits per heavy atom. The first-order chi connectivity index (χ1) is 12.6. The van der Waals surface area contributed by atoms with Crippen LogP contribution in [0.4, 0.5) is 10.5 Å². The van der Waals surface area contributed by atoms with Crippen molar-refractivity contribution >= 4 is 44.7 Å². The van der Waals surface area contributed by atoms with Gasteiger partial charge in [-0.2, -0.15) is 0 Å². The second-order valence-electron chi connectivity index (χ2n) is 7.20. The van der Waals surface area contributed by atoms with Crippen LogP contribution in [0.25, 0.3) is 11.0 Å². The van der Waals surface area contributed by atoms with E-state index in [1.165, 1.54) is 6.07 Å². The lowest BCUT2D eigenvalue weighted by atomic mass is 10.2. The first-order valence-electron chi connectivity index (χ1n) is 8.50. The van der Waals surface area contributed by atoms with E-state index in [9.17, 15) is 9.59 Å². The fourth-order valence-corrected chi connectivity index (χ4v) is 3.50. The van der Waals surface area contributed by atoms with Gasteiger partial charge in [-0.3, -0.25) is 0 Å². The van der Waals surface area contributed by atoms with Crippen LogP contribution < -0.4 is 4.90 Å². The van der Waals surface area contributed by atoms with Crippen LogP contribution in [0.15, 0.2) is 27.1 Å². The highest BCUT2D eigenvalue weighted by Gasteiger charge is 2.25. The average molecular weight is 441 g/mol. The van der Waals surface area contributed by atoms with Crippen molar-refractivity contribution in [3.8, 4) is 0 Å². The van der Waals surface area contributed by atoms with Crippen molar-refractivity contribution in [3.05, 3.63) is 28.4 Å². The van der Waals surface area contributed by atoms with Crippen molar-refractivity contribution in [1.29, 1.82) is 0 Å². The molecule has 1 aliphatic rings. The Morgan fingerprint density at radius 2 is 1.85 bits per heavy atom. The molecule has 0 amide bonds. The SMILES string of the molecule is CC(C)(C)OC(=O)ON1CCN(c2ccc3oc(C(=O)O)cc3c2Br)CC1. The van der Waals surface area contributed by atoms with Gasteiger partial charge in [0.2, 0.25) is 5.76 Å². The fraction of sp³-hybridized carbons (Fsp3) is 0.444. The summed E-state index contributed by atoms with van der Waals surface area (Å²) in [5, 5.41) is 11.4. The number of rotatable bonds is 3. The second kappa shape index (κ2) is 7.40. The molecule has 0 aliphatic carbocycles. The molecule has 1 aromatic heterocycles. The zero-order valence-electron chi connectivity index (χ0n) is 15.3. The Bertz CT molecular complexity index is 865. The van der Waals surface area contributed by atoms with Crippen molar-refractivity contribution in [3.63, 3.8) is 0 Å². The maximum absolute atomic E-state index is 11.8. The van der Waals surface area contributed by atoms with Gasteiger partial charge in [-0.1, -0.05) is 0 Å². The Morgan fingerprint density at radius 3 is 2.44 bits per heavy atom. The van der Waals surface area contributed by atoms with E-state index < -0.39 is 17.7 Å². The Labute approximate surface area is 164 Å². The van der Waals surface area contributed by atoms with E-state index in [-0.39, 0.29) is 5.76 Å². The number of anilines is 1. The minimum Gasteiger partial charge on any atom is -0.475 e. The van der Waals surface area contributed by atoms with Gasteiger partial charge in [0.1, 0.15) is 11.2 Å². The molecule has 2 aromatic rings. The van der Waals surface area contributed by atoms with Crippen LogP contribution in [-0.2, 0) is 9.57 Å². The predicted octanol–water partition coefficient (Wildman–Crippen LogP) is 3.88. The number of piperazine rings is 1. The third-order valence-corrected chi connectivity index (χ3v) is 4.83. The van der Waals surface area contributed by atoms with Gasteiger partial charge < -0.3 is 24.0 Å². The molecule has 1 aliphatic heterocycles. The number of ether oxygens (including phenoxy) is 1. The average Bonchev–Trinajstić information content (AvgIpc) is 3.00. The standard InChI is InChI=1S/C18H21BrN2O6/c1-18(2,3)26-17(24)27-21-8-6-20(7-9-21)12-4-5-13-11(15(12)19)10-14(25-13)16(22)23/h4-5,10H,6-9H2,1-3H3,(H,22,23). The summed E-state index contributed by atoms with van der Waals surface area (Å²) in [6, 6.07) is 5.14. The molecule has 8 nitrogen and oxygen atoms in total. The number of benzene rings is 1. The first kappa shape index (κ1) is 19.5. The number of hydrogen-bond acceptors (Lipinski definition) is 7. The second-order valence-corrected chi connectivity index (χ2v) is 7.99. The maximum atomic E-state index is 11.8. The molecule has 0 radical (unpaired) electrons. The van der Waals surface area contributed by atoms with Gasteiger partial charge in [0.05, 0.1) is 23.2 Å². The molecule has 27 heavy (non-hydrogen) atoms. The molecule has 0 atom stereocenters. The lowest BCUT2D eigenvalue weighted by Gasteiger charge is -2.35. The number of hydrogen-bond donors (Lipinski definition) is 1. The van der Waals surface area contributed by atoms with Crippen molar-refractivity contribution < 1.29 is 28.7 Å². The van der Waals surface area contributed by atoms with Crippen LogP contribution in [0.5, 0.6) is 0 Å². The van der Waals surface area contributed by atoms with Gasteiger partial charge in [-0.05, 0) is 48.8 Å². The van der Waals surface area contributed by atoms with Gasteiger partial charge in [-0.25, -0.2) is 9.59 Å². The van der Waals surface area contributed by atoms with Crippen LogP contribution in [0, 0.1) is 0 Å². The molecule has 1 N–H and O–H groups in total. The van der Waals surface area contributed by atoms with E-state index in [1.807, 2.05) is 6.07 Å². The van der Waals surface area contributed by atoms with Gasteiger partial charge in [0.25, 0.3) is 0 Å². The number of fused-ring (bicyclic) bond motifs is 1. The van der Waals surface area contributed by atoms with Crippen molar-refractivity contribution in [2.45, 2.75) is 26.4 Å². The molecule has 1 saturated heterocycles. The highest BCUT2D eigenvalue weighted by Crippen LogP contribution is 2.36. The summed E-state index contributed by atoms with van der Waals surface area (Å²) in [5.41, 5.74) is 0.838. The summed E-state index contributed by atoms with van der Waals surface area (Å²) in [4.78, 5) is 30.2. The zero-order valence-corrected chi connectivity index (χ0v) is 16.9. The monoisotopic (exact) mass is 440 g/mol. The predicted molar refractivity (Wildman–Crippen MR) is 102 cm³/mol. The van der Waals surface area contributed by atoms with Crippen molar-refractivity contribution in [2.75, 3.05) is 31.1 Å². The van der Waals surface area contributed by atoms with E-state index >= 15 is 0 Å². The molecular weight excluding hydrogens is 420 g/mol. The van der Waals surface area contributed by atoms with Gasteiger partial charge >= 0.3 is 12.1 Å². The molecule has 146 valence electrons. The highest BCUT2D eigenvalue weighted by atomic mass is 79.9. The van der Waals surface area contributed by atoms with E-state index in [0.29, 0.717) is 37.1 Å². The first-order valence-corrected chi connectivity index (χ1v) is 9.29.